The van der Waals surface area contributed by atoms with Gasteiger partial charge in [-0.05, 0) is 16.3 Å². The van der Waals surface area contributed by atoms with Crippen LogP contribution in [0.3, 0.4) is 0 Å². The van der Waals surface area contributed by atoms with Crippen LogP contribution in [-0.2, 0) is 0 Å². The molecule has 0 nitrogen and oxygen atoms in total. The van der Waals surface area contributed by atoms with Gasteiger partial charge in [-0.3, -0.25) is 0 Å². The maximum absolute atomic E-state index is 2.22. The molecule has 0 aliphatic rings. The molecule has 3 aromatic rings. The Morgan fingerprint density at radius 3 is 2.33 bits per heavy atom. The molecule has 0 aliphatic heterocycles. The van der Waals surface area contributed by atoms with Gasteiger partial charge < -0.3 is 0 Å². The van der Waals surface area contributed by atoms with Crippen LogP contribution in [0.15, 0.2) is 60.0 Å². The lowest BCUT2D eigenvalue weighted by molar-refractivity contribution is 1.71. The molecule has 0 fully saturated rings. The zero-order valence-electron chi connectivity index (χ0n) is 8.18. The smallest absolute Gasteiger partial charge is 0.0421 e. The standard InChI is InChI=1S/C14H10S/c1-2-6-11(7-3-1)14-13-9-5-4-8-12(13)10-15-14/h1-10H. The Morgan fingerprint density at radius 1 is 0.733 bits per heavy atom. The maximum atomic E-state index is 2.22. The number of benzene rings is 2. The van der Waals surface area contributed by atoms with Crippen LogP contribution >= 0.6 is 11.3 Å². The highest BCUT2D eigenvalue weighted by Crippen LogP contribution is 2.34. The molecule has 15 heavy (non-hydrogen) atoms. The lowest BCUT2D eigenvalue weighted by Gasteiger charge is -1.97. The van der Waals surface area contributed by atoms with Crippen molar-refractivity contribution in [3.63, 3.8) is 0 Å². The van der Waals surface area contributed by atoms with E-state index in [0.717, 1.165) is 0 Å². The van der Waals surface area contributed by atoms with E-state index in [4.69, 9.17) is 0 Å². The third-order valence-corrected chi connectivity index (χ3v) is 3.61. The number of fused-ring (bicyclic) bond motifs is 1. The van der Waals surface area contributed by atoms with E-state index in [9.17, 15) is 0 Å². The Labute approximate surface area is 92.8 Å². The molecule has 1 heteroatoms. The fraction of sp³-hybridized carbons (Fsp3) is 0. The Hall–Kier alpha value is -1.60. The van der Waals surface area contributed by atoms with Gasteiger partial charge >= 0.3 is 0 Å². The van der Waals surface area contributed by atoms with Crippen molar-refractivity contribution >= 4 is 22.1 Å². The quantitative estimate of drug-likeness (QED) is 0.552. The number of thiophene rings is 1. The molecule has 72 valence electrons. The second-order valence-corrected chi connectivity index (χ2v) is 4.40. The summed E-state index contributed by atoms with van der Waals surface area (Å²) in [5.41, 5.74) is 1.31. The van der Waals surface area contributed by atoms with E-state index >= 15 is 0 Å². The van der Waals surface area contributed by atoms with Gasteiger partial charge in [0, 0.05) is 10.3 Å². The zero-order valence-corrected chi connectivity index (χ0v) is 9.00. The summed E-state index contributed by atoms with van der Waals surface area (Å²) in [6.07, 6.45) is 0. The van der Waals surface area contributed by atoms with Gasteiger partial charge in [0.1, 0.15) is 0 Å². The van der Waals surface area contributed by atoms with Gasteiger partial charge in [-0.1, -0.05) is 54.6 Å². The van der Waals surface area contributed by atoms with Gasteiger partial charge in [0.05, 0.1) is 0 Å². The summed E-state index contributed by atoms with van der Waals surface area (Å²) in [7, 11) is 0. The van der Waals surface area contributed by atoms with Gasteiger partial charge in [-0.25, -0.2) is 0 Å². The molecule has 0 radical (unpaired) electrons. The highest BCUT2D eigenvalue weighted by molar-refractivity contribution is 7.15. The van der Waals surface area contributed by atoms with Crippen molar-refractivity contribution in [3.05, 3.63) is 60.0 Å². The van der Waals surface area contributed by atoms with E-state index in [1.807, 2.05) is 11.3 Å². The van der Waals surface area contributed by atoms with Gasteiger partial charge in [-0.2, -0.15) is 0 Å². The predicted molar refractivity (Wildman–Crippen MR) is 67.3 cm³/mol. The van der Waals surface area contributed by atoms with Crippen molar-refractivity contribution < 1.29 is 0 Å². The van der Waals surface area contributed by atoms with Gasteiger partial charge in [0.15, 0.2) is 0 Å². The summed E-state index contributed by atoms with van der Waals surface area (Å²) in [6, 6.07) is 19.1. The first kappa shape index (κ1) is 8.69. The molecule has 0 amide bonds. The Bertz CT molecular complexity index is 578. The first-order valence-corrected chi connectivity index (χ1v) is 5.85. The second-order valence-electron chi connectivity index (χ2n) is 3.52. The van der Waals surface area contributed by atoms with Crippen LogP contribution in [0.5, 0.6) is 0 Å². The number of rotatable bonds is 1. The molecule has 0 N–H and O–H groups in total. The molecule has 0 aliphatic carbocycles. The van der Waals surface area contributed by atoms with E-state index in [2.05, 4.69) is 60.0 Å². The summed E-state index contributed by atoms with van der Waals surface area (Å²) in [4.78, 5) is 1.37. The SMILES string of the molecule is c1ccc(-c2scc3ccccc23)cc1. The van der Waals surface area contributed by atoms with E-state index < -0.39 is 0 Å². The minimum absolute atomic E-state index is 1.31. The zero-order chi connectivity index (χ0) is 10.1. The van der Waals surface area contributed by atoms with Gasteiger partial charge in [0.2, 0.25) is 0 Å². The van der Waals surface area contributed by atoms with Crippen LogP contribution < -0.4 is 0 Å². The van der Waals surface area contributed by atoms with Crippen molar-refractivity contribution in [2.75, 3.05) is 0 Å². The molecule has 0 saturated carbocycles. The highest BCUT2D eigenvalue weighted by atomic mass is 32.1. The fourth-order valence-corrected chi connectivity index (χ4v) is 2.84. The molecule has 3 rings (SSSR count). The third-order valence-electron chi connectivity index (χ3n) is 2.55. The Balaban J connectivity index is 2.28. The molecule has 0 spiro atoms. The van der Waals surface area contributed by atoms with Crippen LogP contribution in [-0.4, -0.2) is 0 Å². The average molecular weight is 210 g/mol. The summed E-state index contributed by atoms with van der Waals surface area (Å²) < 4.78 is 0. The molecule has 1 aromatic heterocycles. The molecule has 0 bridgehead atoms. The fourth-order valence-electron chi connectivity index (χ4n) is 1.81. The summed E-state index contributed by atoms with van der Waals surface area (Å²) in [5.74, 6) is 0. The van der Waals surface area contributed by atoms with Crippen molar-refractivity contribution in [3.8, 4) is 10.4 Å². The van der Waals surface area contributed by atoms with E-state index in [-0.39, 0.29) is 0 Å². The van der Waals surface area contributed by atoms with Crippen molar-refractivity contribution in [2.45, 2.75) is 0 Å². The Morgan fingerprint density at radius 2 is 1.47 bits per heavy atom. The third kappa shape index (κ3) is 1.45. The molecule has 0 atom stereocenters. The summed E-state index contributed by atoms with van der Waals surface area (Å²) >= 11 is 1.82. The predicted octanol–water partition coefficient (Wildman–Crippen LogP) is 4.57. The second kappa shape index (κ2) is 3.52. The lowest BCUT2D eigenvalue weighted by Crippen LogP contribution is -1.71. The Kier molecular flexibility index (Phi) is 2.04. The van der Waals surface area contributed by atoms with E-state index in [1.54, 1.807) is 0 Å². The molecular weight excluding hydrogens is 200 g/mol. The van der Waals surface area contributed by atoms with Crippen LogP contribution in [0, 0.1) is 0 Å². The van der Waals surface area contributed by atoms with E-state index in [0.29, 0.717) is 0 Å². The van der Waals surface area contributed by atoms with Crippen molar-refractivity contribution in [1.29, 1.82) is 0 Å². The summed E-state index contributed by atoms with van der Waals surface area (Å²) in [6.45, 7) is 0. The highest BCUT2D eigenvalue weighted by Gasteiger charge is 2.04. The maximum Gasteiger partial charge on any atom is 0.0421 e. The van der Waals surface area contributed by atoms with Crippen LogP contribution in [0.2, 0.25) is 0 Å². The molecule has 0 saturated heterocycles. The van der Waals surface area contributed by atoms with Gasteiger partial charge in [-0.15, -0.1) is 11.3 Å². The topological polar surface area (TPSA) is 0 Å². The molecule has 0 unspecified atom stereocenters. The van der Waals surface area contributed by atoms with Crippen molar-refractivity contribution in [2.24, 2.45) is 0 Å². The van der Waals surface area contributed by atoms with Crippen LogP contribution in [0.25, 0.3) is 21.2 Å². The molecular formula is C14H10S. The minimum Gasteiger partial charge on any atom is -0.143 e. The minimum atomic E-state index is 1.31. The summed E-state index contributed by atoms with van der Waals surface area (Å²) in [5, 5.41) is 4.91. The number of hydrogen-bond acceptors (Lipinski definition) is 1. The molecule has 2 aromatic carbocycles. The average Bonchev–Trinajstić information content (AvgIpc) is 2.74. The first-order chi connectivity index (χ1) is 7.45. The van der Waals surface area contributed by atoms with E-state index in [1.165, 1.54) is 21.2 Å². The largest absolute Gasteiger partial charge is 0.143 e. The first-order valence-electron chi connectivity index (χ1n) is 4.97. The normalized spacial score (nSPS) is 10.7. The lowest BCUT2D eigenvalue weighted by atomic mass is 10.1. The van der Waals surface area contributed by atoms with Crippen LogP contribution in [0.4, 0.5) is 0 Å². The van der Waals surface area contributed by atoms with Crippen molar-refractivity contribution in [1.82, 2.24) is 0 Å². The monoisotopic (exact) mass is 210 g/mol. The molecule has 1 heterocycles. The van der Waals surface area contributed by atoms with Crippen LogP contribution in [0.1, 0.15) is 0 Å². The number of hydrogen-bond donors (Lipinski definition) is 0. The van der Waals surface area contributed by atoms with Gasteiger partial charge in [0.25, 0.3) is 0 Å².